The molecule has 5 heteroatoms. The molecule has 0 atom stereocenters. The first-order valence-electron chi connectivity index (χ1n) is 7.38. The number of hydrogen-bond donors (Lipinski definition) is 1. The second-order valence-corrected chi connectivity index (χ2v) is 7.69. The smallest absolute Gasteiger partial charge is 0.185 e. The van der Waals surface area contributed by atoms with Crippen molar-refractivity contribution in [3.05, 3.63) is 10.6 Å². The van der Waals surface area contributed by atoms with Gasteiger partial charge in [0.05, 0.1) is 12.3 Å². The second-order valence-electron chi connectivity index (χ2n) is 6.63. The molecule has 1 fully saturated rings. The summed E-state index contributed by atoms with van der Waals surface area (Å²) in [6.07, 6.45) is 2.50. The lowest BCUT2D eigenvalue weighted by molar-refractivity contribution is 0.181. The quantitative estimate of drug-likeness (QED) is 0.928. The van der Waals surface area contributed by atoms with Gasteiger partial charge in [-0.3, -0.25) is 0 Å². The van der Waals surface area contributed by atoms with E-state index in [0.29, 0.717) is 18.6 Å². The van der Waals surface area contributed by atoms with Crippen molar-refractivity contribution in [2.24, 2.45) is 17.1 Å². The van der Waals surface area contributed by atoms with E-state index in [1.807, 2.05) is 0 Å². The van der Waals surface area contributed by atoms with E-state index >= 15 is 0 Å². The molecule has 1 aromatic heterocycles. The van der Waals surface area contributed by atoms with Gasteiger partial charge in [0.1, 0.15) is 0 Å². The number of hydrogen-bond acceptors (Lipinski definition) is 5. The molecule has 0 aromatic carbocycles. The van der Waals surface area contributed by atoms with Crippen LogP contribution in [-0.4, -0.2) is 25.2 Å². The number of anilines is 1. The third-order valence-electron chi connectivity index (χ3n) is 4.22. The lowest BCUT2D eigenvalue weighted by Crippen LogP contribution is -2.38. The van der Waals surface area contributed by atoms with Gasteiger partial charge in [-0.2, -0.15) is 0 Å². The highest BCUT2D eigenvalue weighted by atomic mass is 32.1. The van der Waals surface area contributed by atoms with E-state index in [-0.39, 0.29) is 0 Å². The highest BCUT2D eigenvalue weighted by molar-refractivity contribution is 7.15. The van der Waals surface area contributed by atoms with Gasteiger partial charge < -0.3 is 15.4 Å². The summed E-state index contributed by atoms with van der Waals surface area (Å²) in [7, 11) is 1.70. The molecule has 0 unspecified atom stereocenters. The van der Waals surface area contributed by atoms with Gasteiger partial charge in [0.2, 0.25) is 0 Å². The van der Waals surface area contributed by atoms with Gasteiger partial charge in [-0.15, -0.1) is 11.3 Å². The third-order valence-corrected chi connectivity index (χ3v) is 5.40. The van der Waals surface area contributed by atoms with Crippen LogP contribution in [0.4, 0.5) is 5.13 Å². The topological polar surface area (TPSA) is 51.4 Å². The van der Waals surface area contributed by atoms with Gasteiger partial charge in [-0.25, -0.2) is 4.98 Å². The van der Waals surface area contributed by atoms with Crippen molar-refractivity contribution in [3.8, 4) is 0 Å². The van der Waals surface area contributed by atoms with Crippen LogP contribution in [0.1, 0.15) is 44.2 Å². The van der Waals surface area contributed by atoms with Crippen LogP contribution in [0.15, 0.2) is 0 Å². The van der Waals surface area contributed by atoms with Crippen LogP contribution < -0.4 is 10.6 Å². The minimum Gasteiger partial charge on any atom is -0.378 e. The molecule has 1 aliphatic rings. The van der Waals surface area contributed by atoms with Crippen molar-refractivity contribution in [1.82, 2.24) is 4.98 Å². The Morgan fingerprint density at radius 2 is 2.00 bits per heavy atom. The van der Waals surface area contributed by atoms with Crippen molar-refractivity contribution in [1.29, 1.82) is 0 Å². The number of ether oxygens (including phenoxy) is 1. The SMILES string of the molecule is COCc1nc(N2CCC(C(C)(C)C)CC2)sc1CN. The summed E-state index contributed by atoms with van der Waals surface area (Å²) in [5.41, 5.74) is 7.22. The predicted octanol–water partition coefficient (Wildman–Crippen LogP) is 3.01. The molecule has 0 amide bonds. The number of rotatable bonds is 4. The van der Waals surface area contributed by atoms with Crippen LogP contribution in [0.2, 0.25) is 0 Å². The van der Waals surface area contributed by atoms with Gasteiger partial charge in [0.25, 0.3) is 0 Å². The Morgan fingerprint density at radius 1 is 1.35 bits per heavy atom. The standard InChI is InChI=1S/C15H27N3OS/c1-15(2,3)11-5-7-18(8-6-11)14-17-12(10-19-4)13(9-16)20-14/h11H,5-10,16H2,1-4H3. The molecule has 0 radical (unpaired) electrons. The van der Waals surface area contributed by atoms with Crippen LogP contribution in [-0.2, 0) is 17.9 Å². The molecule has 0 bridgehead atoms. The monoisotopic (exact) mass is 297 g/mol. The fourth-order valence-corrected chi connectivity index (χ4v) is 3.84. The van der Waals surface area contributed by atoms with E-state index in [9.17, 15) is 0 Å². The lowest BCUT2D eigenvalue weighted by atomic mass is 9.75. The number of methoxy groups -OCH3 is 1. The normalized spacial score (nSPS) is 17.8. The van der Waals surface area contributed by atoms with E-state index in [0.717, 1.165) is 34.7 Å². The van der Waals surface area contributed by atoms with Crippen LogP contribution in [0.3, 0.4) is 0 Å². The summed E-state index contributed by atoms with van der Waals surface area (Å²) in [6, 6.07) is 0. The lowest BCUT2D eigenvalue weighted by Gasteiger charge is -2.38. The summed E-state index contributed by atoms with van der Waals surface area (Å²) in [5, 5.41) is 1.12. The second kappa shape index (κ2) is 6.41. The molecule has 0 aliphatic carbocycles. The van der Waals surface area contributed by atoms with Crippen LogP contribution >= 0.6 is 11.3 Å². The molecule has 1 aromatic rings. The van der Waals surface area contributed by atoms with Crippen molar-refractivity contribution >= 4 is 16.5 Å². The number of aromatic nitrogens is 1. The zero-order valence-electron chi connectivity index (χ0n) is 13.1. The van der Waals surface area contributed by atoms with Crippen molar-refractivity contribution in [3.63, 3.8) is 0 Å². The van der Waals surface area contributed by atoms with Crippen molar-refractivity contribution in [2.45, 2.75) is 46.8 Å². The van der Waals surface area contributed by atoms with E-state index in [4.69, 9.17) is 15.5 Å². The molecular formula is C15H27N3OS. The van der Waals surface area contributed by atoms with Gasteiger partial charge in [-0.05, 0) is 24.2 Å². The molecular weight excluding hydrogens is 270 g/mol. The highest BCUT2D eigenvalue weighted by Gasteiger charge is 2.29. The number of nitrogens with two attached hydrogens (primary N) is 1. The first-order valence-corrected chi connectivity index (χ1v) is 8.20. The van der Waals surface area contributed by atoms with Gasteiger partial charge in [0.15, 0.2) is 5.13 Å². The predicted molar refractivity (Wildman–Crippen MR) is 85.1 cm³/mol. The minimum atomic E-state index is 0.415. The summed E-state index contributed by atoms with van der Waals surface area (Å²) in [5.74, 6) is 0.811. The summed E-state index contributed by atoms with van der Waals surface area (Å²) < 4.78 is 5.20. The molecule has 1 saturated heterocycles. The minimum absolute atomic E-state index is 0.415. The molecule has 114 valence electrons. The molecule has 0 spiro atoms. The molecule has 4 nitrogen and oxygen atoms in total. The molecule has 0 saturated carbocycles. The molecule has 2 rings (SSSR count). The Kier molecular flexibility index (Phi) is 5.04. The molecule has 2 N–H and O–H groups in total. The van der Waals surface area contributed by atoms with Gasteiger partial charge in [0, 0.05) is 31.6 Å². The summed E-state index contributed by atoms with van der Waals surface area (Å²) in [6.45, 7) is 10.4. The largest absolute Gasteiger partial charge is 0.378 e. The van der Waals surface area contributed by atoms with Crippen molar-refractivity contribution < 1.29 is 4.74 Å². The number of thiazole rings is 1. The van der Waals surface area contributed by atoms with Crippen LogP contribution in [0.5, 0.6) is 0 Å². The first-order chi connectivity index (χ1) is 9.45. The fraction of sp³-hybridized carbons (Fsp3) is 0.800. The van der Waals surface area contributed by atoms with Gasteiger partial charge >= 0.3 is 0 Å². The molecule has 1 aliphatic heterocycles. The maximum atomic E-state index is 5.80. The van der Waals surface area contributed by atoms with Crippen LogP contribution in [0, 0.1) is 11.3 Å². The van der Waals surface area contributed by atoms with E-state index in [1.165, 1.54) is 12.8 Å². The van der Waals surface area contributed by atoms with E-state index in [1.54, 1.807) is 18.4 Å². The van der Waals surface area contributed by atoms with E-state index in [2.05, 4.69) is 25.7 Å². The Labute approximate surface area is 126 Å². The fourth-order valence-electron chi connectivity index (χ4n) is 2.85. The highest BCUT2D eigenvalue weighted by Crippen LogP contribution is 2.36. The maximum absolute atomic E-state index is 5.80. The maximum Gasteiger partial charge on any atom is 0.185 e. The third kappa shape index (κ3) is 3.51. The summed E-state index contributed by atoms with van der Waals surface area (Å²) in [4.78, 5) is 8.28. The average Bonchev–Trinajstić information content (AvgIpc) is 2.81. The van der Waals surface area contributed by atoms with Gasteiger partial charge in [-0.1, -0.05) is 20.8 Å². The molecule has 20 heavy (non-hydrogen) atoms. The zero-order chi connectivity index (χ0) is 14.8. The Balaban J connectivity index is 2.03. The Morgan fingerprint density at radius 3 is 2.50 bits per heavy atom. The number of nitrogens with zero attached hydrogens (tertiary/aromatic N) is 2. The Hall–Kier alpha value is -0.650. The first kappa shape index (κ1) is 15.7. The summed E-state index contributed by atoms with van der Waals surface area (Å²) >= 11 is 1.72. The Bertz CT molecular complexity index is 431. The zero-order valence-corrected chi connectivity index (χ0v) is 13.9. The number of piperidine rings is 1. The average molecular weight is 297 g/mol. The van der Waals surface area contributed by atoms with Crippen molar-refractivity contribution in [2.75, 3.05) is 25.1 Å². The van der Waals surface area contributed by atoms with E-state index < -0.39 is 0 Å². The molecule has 2 heterocycles. The van der Waals surface area contributed by atoms with Crippen LogP contribution in [0.25, 0.3) is 0 Å².